The Hall–Kier alpha value is -1.19. The molecule has 3 saturated carbocycles. The van der Waals surface area contributed by atoms with E-state index in [4.69, 9.17) is 9.05 Å². The zero-order valence-corrected chi connectivity index (χ0v) is 23.0. The molecule has 1 aromatic carbocycles. The lowest BCUT2D eigenvalue weighted by atomic mass is 9.44. The van der Waals surface area contributed by atoms with Crippen LogP contribution in [0.2, 0.25) is 0 Å². The zero-order valence-electron chi connectivity index (χ0n) is 20.6. The quantitative estimate of drug-likeness (QED) is 0.328. The summed E-state index contributed by atoms with van der Waals surface area (Å²) in [4.78, 5) is 16.4. The molecule has 3 aliphatic carbocycles. The summed E-state index contributed by atoms with van der Waals surface area (Å²) < 4.78 is 52.7. The number of aliphatic hydroxyl groups is 1. The fourth-order valence-electron chi connectivity index (χ4n) is 5.36. The van der Waals surface area contributed by atoms with Gasteiger partial charge in [0.1, 0.15) is 5.60 Å². The van der Waals surface area contributed by atoms with Crippen molar-refractivity contribution < 1.29 is 37.4 Å². The molecule has 196 valence electrons. The van der Waals surface area contributed by atoms with E-state index in [9.17, 15) is 19.6 Å². The van der Waals surface area contributed by atoms with E-state index in [0.717, 1.165) is 12.5 Å². The predicted octanol–water partition coefficient (Wildman–Crippen LogP) is 6.02. The van der Waals surface area contributed by atoms with Crippen molar-refractivity contribution >= 4 is 35.2 Å². The normalized spacial score (nSPS) is 28.0. The van der Waals surface area contributed by atoms with Crippen LogP contribution in [-0.4, -0.2) is 46.8 Å². The van der Waals surface area contributed by atoms with Crippen molar-refractivity contribution in [2.45, 2.75) is 71.2 Å². The van der Waals surface area contributed by atoms with Gasteiger partial charge in [0.2, 0.25) is 0 Å². The first-order valence-corrected chi connectivity index (χ1v) is 14.0. The second-order valence-corrected chi connectivity index (χ2v) is 12.9. The lowest BCUT2D eigenvalue weighted by Gasteiger charge is -2.62. The third kappa shape index (κ3) is 5.01. The van der Waals surface area contributed by atoms with Crippen LogP contribution in [0.1, 0.15) is 58.6 Å². The highest BCUT2D eigenvalue weighted by Gasteiger charge is 2.62. The van der Waals surface area contributed by atoms with Crippen molar-refractivity contribution in [1.82, 2.24) is 0 Å². The first-order valence-electron chi connectivity index (χ1n) is 11.7. The Morgan fingerprint density at radius 1 is 1.29 bits per heavy atom. The van der Waals surface area contributed by atoms with Crippen LogP contribution in [0, 0.1) is 17.3 Å². The number of fused-ring (bicyclic) bond motifs is 2. The minimum atomic E-state index is -4.79. The Labute approximate surface area is 213 Å². The van der Waals surface area contributed by atoms with Gasteiger partial charge in [0, 0.05) is 22.2 Å². The SMILES string of the molecule is CCOP(=O)(OCC)C(F)(F)c1ccc(C[C@H](N=C2CC3CC(C2(C)O)C3(C)C)C(=O)O)cc1Br. The van der Waals surface area contributed by atoms with Gasteiger partial charge in [0.05, 0.1) is 13.2 Å². The maximum absolute atomic E-state index is 15.2. The number of nitrogens with zero attached hydrogens (tertiary/aromatic N) is 1. The Balaban J connectivity index is 1.87. The van der Waals surface area contributed by atoms with Gasteiger partial charge in [-0.3, -0.25) is 9.56 Å². The van der Waals surface area contributed by atoms with Crippen molar-refractivity contribution in [2.24, 2.45) is 22.2 Å². The number of aliphatic carboxylic acids is 1. The van der Waals surface area contributed by atoms with Crippen LogP contribution in [0.15, 0.2) is 27.7 Å². The van der Waals surface area contributed by atoms with Gasteiger partial charge >= 0.3 is 19.2 Å². The summed E-state index contributed by atoms with van der Waals surface area (Å²) in [6.07, 6.45) is 1.35. The number of carboxylic acids is 1. The average molecular weight is 580 g/mol. The van der Waals surface area contributed by atoms with Crippen LogP contribution in [0.5, 0.6) is 0 Å². The number of hydrogen-bond acceptors (Lipinski definition) is 6. The standard InChI is InChI=1S/C24H33BrF2NO6P/c1-6-33-35(32,34-7-2)24(26,27)16-9-8-14(10-17(16)25)11-18(21(29)30)28-20-13-15-12-19(22(15,3)4)23(20,5)31/h8-10,15,18-19,31H,6-7,11-13H2,1-5H3,(H,29,30)/t15?,18-,19?,23?/m0/s1. The average Bonchev–Trinajstić information content (AvgIpc) is 2.73. The van der Waals surface area contributed by atoms with Crippen molar-refractivity contribution in [1.29, 1.82) is 0 Å². The van der Waals surface area contributed by atoms with E-state index in [1.807, 2.05) is 0 Å². The lowest BCUT2D eigenvalue weighted by molar-refractivity contribution is -0.139. The fourth-order valence-corrected chi connectivity index (χ4v) is 7.75. The van der Waals surface area contributed by atoms with Crippen molar-refractivity contribution in [2.75, 3.05) is 13.2 Å². The molecule has 0 saturated heterocycles. The number of halogens is 3. The molecule has 2 bridgehead atoms. The summed E-state index contributed by atoms with van der Waals surface area (Å²) in [6, 6.07) is 2.62. The summed E-state index contributed by atoms with van der Waals surface area (Å²) in [5.74, 6) is -0.832. The van der Waals surface area contributed by atoms with Crippen molar-refractivity contribution in [3.05, 3.63) is 33.8 Å². The summed E-state index contributed by atoms with van der Waals surface area (Å²) in [5.41, 5.74) is -4.81. The molecule has 3 aliphatic rings. The Morgan fingerprint density at radius 3 is 2.34 bits per heavy atom. The van der Waals surface area contributed by atoms with Crippen LogP contribution in [0.4, 0.5) is 8.78 Å². The number of aliphatic imine (C=N–C) groups is 1. The molecule has 0 radical (unpaired) electrons. The molecule has 0 aromatic heterocycles. The van der Waals surface area contributed by atoms with Gasteiger partial charge in [-0.1, -0.05) is 41.9 Å². The molecule has 1 aromatic rings. The minimum Gasteiger partial charge on any atom is -0.480 e. The van der Waals surface area contributed by atoms with Crippen LogP contribution >= 0.6 is 23.5 Å². The second kappa shape index (κ2) is 9.93. The molecule has 0 aliphatic heterocycles. The van der Waals surface area contributed by atoms with E-state index in [0.29, 0.717) is 23.6 Å². The highest BCUT2D eigenvalue weighted by Crippen LogP contribution is 2.67. The third-order valence-electron chi connectivity index (χ3n) is 7.50. The molecule has 35 heavy (non-hydrogen) atoms. The Kier molecular flexibility index (Phi) is 8.06. The van der Waals surface area contributed by atoms with Gasteiger partial charge in [-0.15, -0.1) is 0 Å². The largest absolute Gasteiger partial charge is 0.480 e. The molecule has 3 unspecified atom stereocenters. The molecular formula is C24H33BrF2NO6P. The fraction of sp³-hybridized carbons (Fsp3) is 0.667. The van der Waals surface area contributed by atoms with E-state index < -0.39 is 36.4 Å². The monoisotopic (exact) mass is 579 g/mol. The molecule has 2 N–H and O–H groups in total. The molecule has 11 heteroatoms. The summed E-state index contributed by atoms with van der Waals surface area (Å²) in [7, 11) is -4.79. The van der Waals surface area contributed by atoms with Crippen LogP contribution in [0.25, 0.3) is 0 Å². The van der Waals surface area contributed by atoms with E-state index in [1.54, 1.807) is 6.92 Å². The lowest BCUT2D eigenvalue weighted by Crippen LogP contribution is -2.65. The van der Waals surface area contributed by atoms with E-state index in [-0.39, 0.29) is 35.4 Å². The molecule has 0 heterocycles. The number of rotatable bonds is 10. The molecule has 0 amide bonds. The molecule has 4 rings (SSSR count). The molecule has 3 fully saturated rings. The minimum absolute atomic E-state index is 0.00368. The number of alkyl halides is 2. The smallest absolute Gasteiger partial charge is 0.404 e. The summed E-state index contributed by atoms with van der Waals surface area (Å²) >= 11 is 3.11. The van der Waals surface area contributed by atoms with E-state index in [1.165, 1.54) is 26.0 Å². The second-order valence-electron chi connectivity index (χ2n) is 9.98. The predicted molar refractivity (Wildman–Crippen MR) is 132 cm³/mol. The Bertz CT molecular complexity index is 1050. The van der Waals surface area contributed by atoms with Gasteiger partial charge in [-0.05, 0) is 62.5 Å². The van der Waals surface area contributed by atoms with Gasteiger partial charge < -0.3 is 19.3 Å². The topological polar surface area (TPSA) is 105 Å². The van der Waals surface area contributed by atoms with E-state index in [2.05, 4.69) is 34.8 Å². The Morgan fingerprint density at radius 2 is 1.89 bits per heavy atom. The molecule has 4 atom stereocenters. The maximum atomic E-state index is 15.2. The van der Waals surface area contributed by atoms with Crippen molar-refractivity contribution in [3.8, 4) is 0 Å². The zero-order chi connectivity index (χ0) is 26.4. The van der Waals surface area contributed by atoms with Gasteiger partial charge in [0.25, 0.3) is 0 Å². The van der Waals surface area contributed by atoms with Crippen LogP contribution in [0.3, 0.4) is 0 Å². The molecular weight excluding hydrogens is 547 g/mol. The number of carboxylic acid groups (broad SMARTS) is 1. The van der Waals surface area contributed by atoms with Gasteiger partial charge in [-0.25, -0.2) is 4.79 Å². The summed E-state index contributed by atoms with van der Waals surface area (Å²) in [5, 5.41) is 20.9. The maximum Gasteiger partial charge on any atom is 0.404 e. The molecule has 0 spiro atoms. The highest BCUT2D eigenvalue weighted by molar-refractivity contribution is 9.10. The van der Waals surface area contributed by atoms with Crippen molar-refractivity contribution in [3.63, 3.8) is 0 Å². The number of carbonyl (C=O) groups is 1. The molecule has 7 nitrogen and oxygen atoms in total. The van der Waals surface area contributed by atoms with Crippen LogP contribution < -0.4 is 0 Å². The number of benzene rings is 1. The van der Waals surface area contributed by atoms with Crippen LogP contribution in [-0.2, 0) is 30.5 Å². The highest BCUT2D eigenvalue weighted by atomic mass is 79.9. The summed E-state index contributed by atoms with van der Waals surface area (Å²) in [6.45, 7) is 8.36. The number of hydrogen-bond donors (Lipinski definition) is 2. The van der Waals surface area contributed by atoms with E-state index >= 15 is 8.78 Å². The third-order valence-corrected chi connectivity index (χ3v) is 10.3. The first-order chi connectivity index (χ1) is 16.1. The first kappa shape index (κ1) is 28.4. The van der Waals surface area contributed by atoms with Gasteiger partial charge in [-0.2, -0.15) is 8.78 Å². The van der Waals surface area contributed by atoms with Gasteiger partial charge in [0.15, 0.2) is 6.04 Å².